The highest BCUT2D eigenvalue weighted by atomic mass is 17.0. The number of allylic oxidation sites excluding steroid dienone is 2. The smallest absolute Gasteiger partial charge is 0.106 e. The molecule has 3 nitrogen and oxygen atoms in total. The zero-order valence-corrected chi connectivity index (χ0v) is 4.32. The van der Waals surface area contributed by atoms with E-state index in [4.69, 9.17) is 15.3 Å². The summed E-state index contributed by atoms with van der Waals surface area (Å²) >= 11 is 0. The van der Waals surface area contributed by atoms with Crippen LogP contribution in [0.1, 0.15) is 0 Å². The van der Waals surface area contributed by atoms with Gasteiger partial charge in [-0.25, -0.2) is 0 Å². The molecule has 0 aromatic rings. The fraction of sp³-hybridized carbons (Fsp3) is 0.200. The minimum absolute atomic E-state index is 0.733. The normalized spacial score (nSPS) is 13.8. The van der Waals surface area contributed by atoms with E-state index in [0.717, 1.165) is 6.61 Å². The first-order chi connectivity index (χ1) is 4.00. The van der Waals surface area contributed by atoms with Crippen LogP contribution >= 0.6 is 0 Å². The molecular formula is C5H8O3. The largest absolute Gasteiger partial charge is 0.497 e. The molecular weight excluding hydrogens is 108 g/mol. The van der Waals surface area contributed by atoms with Crippen molar-refractivity contribution in [2.45, 2.75) is 0 Å². The van der Waals surface area contributed by atoms with Gasteiger partial charge in [0.2, 0.25) is 0 Å². The van der Waals surface area contributed by atoms with Crippen LogP contribution < -0.4 is 0 Å². The summed E-state index contributed by atoms with van der Waals surface area (Å²) < 4.78 is 4.80. The molecule has 0 amide bonds. The number of hydrogen-bond donors (Lipinski definition) is 2. The van der Waals surface area contributed by atoms with Crippen LogP contribution in [0.2, 0.25) is 0 Å². The Morgan fingerprint density at radius 2 is 2.00 bits per heavy atom. The van der Waals surface area contributed by atoms with Crippen LogP contribution in [0.3, 0.4) is 0 Å². The first-order valence-electron chi connectivity index (χ1n) is 2.13. The average molecular weight is 116 g/mol. The fourth-order valence-electron chi connectivity index (χ4n) is 0.346. The molecule has 0 saturated carbocycles. The Labute approximate surface area is 47.5 Å². The minimum Gasteiger partial charge on any atom is -0.497 e. The summed E-state index contributed by atoms with van der Waals surface area (Å²) in [7, 11) is 0. The van der Waals surface area contributed by atoms with E-state index in [1.807, 2.05) is 18.2 Å². The highest BCUT2D eigenvalue weighted by Crippen LogP contribution is 1.87. The predicted octanol–water partition coefficient (Wildman–Crippen LogP) is 1.10. The average Bonchev–Trinajstić information content (AvgIpc) is 1.96. The lowest BCUT2D eigenvalue weighted by Crippen LogP contribution is -1.82. The molecule has 0 aromatic carbocycles. The second kappa shape index (κ2) is 6.20. The molecule has 1 aliphatic rings. The van der Waals surface area contributed by atoms with E-state index in [2.05, 4.69) is 0 Å². The van der Waals surface area contributed by atoms with Crippen LogP contribution in [0, 0.1) is 0 Å². The highest BCUT2D eigenvalue weighted by molar-refractivity contribution is 5.02. The third-order valence-electron chi connectivity index (χ3n) is 0.614. The molecule has 1 rings (SSSR count). The van der Waals surface area contributed by atoms with Gasteiger partial charge in [-0.1, -0.05) is 6.08 Å². The molecule has 3 heteroatoms. The molecule has 0 fully saturated rings. The molecule has 0 bridgehead atoms. The lowest BCUT2D eigenvalue weighted by atomic mass is 10.5. The van der Waals surface area contributed by atoms with E-state index in [1.54, 1.807) is 6.26 Å². The minimum atomic E-state index is 0.733. The van der Waals surface area contributed by atoms with Crippen molar-refractivity contribution in [2.24, 2.45) is 0 Å². The topological polar surface area (TPSA) is 49.7 Å². The Bertz CT molecular complexity index is 73.7. The van der Waals surface area contributed by atoms with Gasteiger partial charge in [0.25, 0.3) is 0 Å². The van der Waals surface area contributed by atoms with E-state index in [-0.39, 0.29) is 0 Å². The summed E-state index contributed by atoms with van der Waals surface area (Å²) in [6.45, 7) is 0.733. The first kappa shape index (κ1) is 7.20. The molecule has 0 aliphatic carbocycles. The zero-order chi connectivity index (χ0) is 6.24. The van der Waals surface area contributed by atoms with Gasteiger partial charge in [0.05, 0.1) is 6.26 Å². The Morgan fingerprint density at radius 3 is 2.12 bits per heavy atom. The van der Waals surface area contributed by atoms with Crippen molar-refractivity contribution >= 4 is 0 Å². The summed E-state index contributed by atoms with van der Waals surface area (Å²) in [5.74, 6) is 0. The SMILES string of the molecule is C1=CCOC=C1.OO. The number of hydrogen-bond acceptors (Lipinski definition) is 3. The maximum Gasteiger partial charge on any atom is 0.106 e. The number of rotatable bonds is 0. The van der Waals surface area contributed by atoms with Crippen LogP contribution in [0.4, 0.5) is 0 Å². The lowest BCUT2D eigenvalue weighted by Gasteiger charge is -1.94. The molecule has 2 N–H and O–H groups in total. The van der Waals surface area contributed by atoms with E-state index < -0.39 is 0 Å². The molecule has 1 aliphatic heterocycles. The van der Waals surface area contributed by atoms with Crippen LogP contribution in [0.5, 0.6) is 0 Å². The molecule has 8 heavy (non-hydrogen) atoms. The van der Waals surface area contributed by atoms with Gasteiger partial charge in [-0.2, -0.15) is 0 Å². The van der Waals surface area contributed by atoms with Crippen LogP contribution in [0.25, 0.3) is 0 Å². The summed E-state index contributed by atoms with van der Waals surface area (Å²) in [4.78, 5) is 0. The van der Waals surface area contributed by atoms with Crippen molar-refractivity contribution in [1.29, 1.82) is 0 Å². The second-order valence-electron chi connectivity index (χ2n) is 1.09. The summed E-state index contributed by atoms with van der Waals surface area (Å²) in [6, 6.07) is 0. The van der Waals surface area contributed by atoms with E-state index in [9.17, 15) is 0 Å². The Balaban J connectivity index is 0.000000222. The molecule has 0 radical (unpaired) electrons. The van der Waals surface area contributed by atoms with Crippen molar-refractivity contribution in [3.8, 4) is 0 Å². The van der Waals surface area contributed by atoms with Gasteiger partial charge in [0.1, 0.15) is 6.61 Å². The molecule has 1 heterocycles. The molecule has 46 valence electrons. The monoisotopic (exact) mass is 116 g/mol. The Hall–Kier alpha value is -0.800. The van der Waals surface area contributed by atoms with E-state index >= 15 is 0 Å². The van der Waals surface area contributed by atoms with Gasteiger partial charge in [0.15, 0.2) is 0 Å². The predicted molar refractivity (Wildman–Crippen MR) is 29.5 cm³/mol. The van der Waals surface area contributed by atoms with Crippen LogP contribution in [-0.2, 0) is 4.74 Å². The molecule has 0 spiro atoms. The summed E-state index contributed by atoms with van der Waals surface area (Å²) in [6.07, 6.45) is 7.47. The standard InChI is InChI=1S/C5H6O.H2O2/c1-2-4-6-5-3-1;1-2/h1-4H,5H2;1-2H. The van der Waals surface area contributed by atoms with Crippen LogP contribution in [0.15, 0.2) is 24.5 Å². The lowest BCUT2D eigenvalue weighted by molar-refractivity contribution is -0.176. The quantitative estimate of drug-likeness (QED) is 0.368. The molecule has 0 aromatic heterocycles. The van der Waals surface area contributed by atoms with Crippen molar-refractivity contribution in [2.75, 3.05) is 6.61 Å². The van der Waals surface area contributed by atoms with Crippen molar-refractivity contribution in [3.05, 3.63) is 24.5 Å². The van der Waals surface area contributed by atoms with E-state index in [0.29, 0.717) is 0 Å². The number of ether oxygens (including phenoxy) is 1. The highest BCUT2D eigenvalue weighted by Gasteiger charge is 1.75. The van der Waals surface area contributed by atoms with Crippen molar-refractivity contribution < 1.29 is 15.3 Å². The second-order valence-corrected chi connectivity index (χ2v) is 1.09. The fourth-order valence-corrected chi connectivity index (χ4v) is 0.346. The van der Waals surface area contributed by atoms with Gasteiger partial charge in [-0.15, -0.1) is 0 Å². The van der Waals surface area contributed by atoms with Gasteiger partial charge in [-0.05, 0) is 12.2 Å². The van der Waals surface area contributed by atoms with Gasteiger partial charge < -0.3 is 4.74 Å². The summed E-state index contributed by atoms with van der Waals surface area (Å²) in [5.41, 5.74) is 0. The molecule has 0 saturated heterocycles. The van der Waals surface area contributed by atoms with Crippen molar-refractivity contribution in [1.82, 2.24) is 0 Å². The Kier molecular flexibility index (Phi) is 5.58. The molecule has 0 unspecified atom stereocenters. The third-order valence-corrected chi connectivity index (χ3v) is 0.614. The first-order valence-corrected chi connectivity index (χ1v) is 2.13. The Morgan fingerprint density at radius 1 is 1.25 bits per heavy atom. The van der Waals surface area contributed by atoms with Crippen LogP contribution in [-0.4, -0.2) is 17.1 Å². The van der Waals surface area contributed by atoms with Crippen molar-refractivity contribution in [3.63, 3.8) is 0 Å². The molecule has 0 atom stereocenters. The van der Waals surface area contributed by atoms with Gasteiger partial charge in [-0.3, -0.25) is 10.5 Å². The third kappa shape index (κ3) is 3.39. The summed E-state index contributed by atoms with van der Waals surface area (Å²) in [5, 5.41) is 12.0. The van der Waals surface area contributed by atoms with E-state index in [1.165, 1.54) is 0 Å². The maximum absolute atomic E-state index is 6.00. The maximum atomic E-state index is 6.00. The van der Waals surface area contributed by atoms with Gasteiger partial charge in [0, 0.05) is 0 Å². The van der Waals surface area contributed by atoms with Gasteiger partial charge >= 0.3 is 0 Å². The zero-order valence-electron chi connectivity index (χ0n) is 4.32.